The van der Waals surface area contributed by atoms with Crippen molar-refractivity contribution in [2.24, 2.45) is 5.41 Å². The molecule has 0 fully saturated rings. The summed E-state index contributed by atoms with van der Waals surface area (Å²) in [5.41, 5.74) is -0.797. The Balaban J connectivity index is 4.51. The molecule has 0 rings (SSSR count). The van der Waals surface area contributed by atoms with Gasteiger partial charge in [0, 0.05) is 19.3 Å². The zero-order valence-corrected chi connectivity index (χ0v) is 43.7. The van der Waals surface area contributed by atoms with Crippen LogP contribution < -0.4 is 0 Å². The fraction of sp³-hybridized carbons (Fsp3) is 0.847. The number of esters is 3. The zero-order chi connectivity index (χ0) is 47.4. The smallest absolute Gasteiger partial charge is 0.305 e. The van der Waals surface area contributed by atoms with Crippen LogP contribution in [0.2, 0.25) is 0 Å². The third-order valence-corrected chi connectivity index (χ3v) is 12.7. The summed E-state index contributed by atoms with van der Waals surface area (Å²) in [5, 5.41) is 0. The summed E-state index contributed by atoms with van der Waals surface area (Å²) in [6.45, 7) is 8.84. The first kappa shape index (κ1) is 62.6. The van der Waals surface area contributed by atoms with E-state index in [0.29, 0.717) is 19.3 Å². The number of carbonyl (C=O) groups is 3. The molecule has 0 aliphatic rings. The van der Waals surface area contributed by atoms with Gasteiger partial charge in [-0.05, 0) is 103 Å². The van der Waals surface area contributed by atoms with Crippen LogP contribution in [0, 0.1) is 5.41 Å². The van der Waals surface area contributed by atoms with Crippen LogP contribution in [0.3, 0.4) is 0 Å². The predicted octanol–water partition coefficient (Wildman–Crippen LogP) is 18.7. The molecule has 6 nitrogen and oxygen atoms in total. The van der Waals surface area contributed by atoms with Gasteiger partial charge in [0.1, 0.15) is 19.8 Å². The maximum absolute atomic E-state index is 12.8. The van der Waals surface area contributed by atoms with Gasteiger partial charge in [0.15, 0.2) is 0 Å². The molecule has 0 aliphatic carbocycles. The van der Waals surface area contributed by atoms with Crippen LogP contribution in [-0.2, 0) is 28.6 Å². The van der Waals surface area contributed by atoms with E-state index in [1.54, 1.807) is 0 Å². The minimum absolute atomic E-state index is 0.0538. The van der Waals surface area contributed by atoms with Gasteiger partial charge in [-0.3, -0.25) is 14.4 Å². The molecule has 0 aliphatic heterocycles. The molecule has 0 N–H and O–H groups in total. The lowest BCUT2D eigenvalue weighted by molar-refractivity contribution is -0.160. The molecule has 0 saturated carbocycles. The highest BCUT2D eigenvalue weighted by Gasteiger charge is 2.31. The first-order chi connectivity index (χ1) is 31.9. The van der Waals surface area contributed by atoms with E-state index in [-0.39, 0.29) is 37.7 Å². The highest BCUT2D eigenvalue weighted by molar-refractivity contribution is 5.70. The van der Waals surface area contributed by atoms with Gasteiger partial charge in [0.2, 0.25) is 0 Å². The Kier molecular flexibility index (Phi) is 49.2. The van der Waals surface area contributed by atoms with Crippen LogP contribution in [0.25, 0.3) is 0 Å². The third-order valence-electron chi connectivity index (χ3n) is 12.7. The largest absolute Gasteiger partial charge is 0.465 e. The normalized spacial score (nSPS) is 12.0. The monoisotopic (exact) mass is 913 g/mol. The molecule has 0 radical (unpaired) electrons. The van der Waals surface area contributed by atoms with Gasteiger partial charge in [-0.1, -0.05) is 211 Å². The first-order valence-corrected chi connectivity index (χ1v) is 28.3. The van der Waals surface area contributed by atoms with Crippen molar-refractivity contribution in [3.8, 4) is 0 Å². The molecular weight excluding hydrogens is 805 g/mol. The number of ether oxygens (including phenoxy) is 3. The molecule has 6 heteroatoms. The summed E-state index contributed by atoms with van der Waals surface area (Å²) in [4.78, 5) is 38.3. The number of hydrogen-bond acceptors (Lipinski definition) is 6. The lowest BCUT2D eigenvalue weighted by Crippen LogP contribution is -2.37. The topological polar surface area (TPSA) is 78.9 Å². The van der Waals surface area contributed by atoms with Gasteiger partial charge < -0.3 is 14.2 Å². The Labute approximate surface area is 404 Å². The average Bonchev–Trinajstić information content (AvgIpc) is 3.30. The van der Waals surface area contributed by atoms with E-state index in [0.717, 1.165) is 77.0 Å². The Morgan fingerprint density at radius 2 is 0.477 bits per heavy atom. The van der Waals surface area contributed by atoms with Crippen molar-refractivity contribution in [1.82, 2.24) is 0 Å². The van der Waals surface area contributed by atoms with Crippen LogP contribution in [0.5, 0.6) is 0 Å². The molecule has 380 valence electrons. The molecule has 0 atom stereocenters. The van der Waals surface area contributed by atoms with Gasteiger partial charge in [-0.15, -0.1) is 0 Å². The minimum atomic E-state index is -0.797. The van der Waals surface area contributed by atoms with E-state index in [4.69, 9.17) is 14.2 Å². The van der Waals surface area contributed by atoms with Gasteiger partial charge in [0.25, 0.3) is 0 Å². The van der Waals surface area contributed by atoms with Crippen molar-refractivity contribution < 1.29 is 28.6 Å². The van der Waals surface area contributed by atoms with Crippen LogP contribution >= 0.6 is 0 Å². The summed E-state index contributed by atoms with van der Waals surface area (Å²) in [5.74, 6) is -0.728. The van der Waals surface area contributed by atoms with E-state index in [2.05, 4.69) is 57.2 Å². The number of unbranched alkanes of at least 4 members (excludes halogenated alkanes) is 33. The first-order valence-electron chi connectivity index (χ1n) is 28.3. The van der Waals surface area contributed by atoms with Crippen molar-refractivity contribution in [2.45, 2.75) is 297 Å². The summed E-state index contributed by atoms with van der Waals surface area (Å²) >= 11 is 0. The van der Waals surface area contributed by atoms with Crippen LogP contribution in [0.15, 0.2) is 36.5 Å². The van der Waals surface area contributed by atoms with E-state index < -0.39 is 5.41 Å². The lowest BCUT2D eigenvalue weighted by Gasteiger charge is -2.28. The SMILES string of the molecule is CCCCCCCC/C=C\CCCCCCCC(=O)OCC(C)(COC(=O)CCCCCCC/C=C\CCCCCCCC)COC(=O)CCCCCCC/C=C\CCCCCCCC. The average molecular weight is 914 g/mol. The summed E-state index contributed by atoms with van der Waals surface area (Å²) in [7, 11) is 0. The quantitative estimate of drug-likeness (QED) is 0.0262. The Hall–Kier alpha value is -2.37. The maximum Gasteiger partial charge on any atom is 0.305 e. The second kappa shape index (κ2) is 51.0. The summed E-state index contributed by atoms with van der Waals surface area (Å²) in [6.07, 6.45) is 62.4. The fourth-order valence-electron chi connectivity index (χ4n) is 8.13. The Morgan fingerprint density at radius 3 is 0.692 bits per heavy atom. The Morgan fingerprint density at radius 1 is 0.292 bits per heavy atom. The second-order valence-electron chi connectivity index (χ2n) is 19.8. The van der Waals surface area contributed by atoms with Crippen molar-refractivity contribution >= 4 is 17.9 Å². The minimum Gasteiger partial charge on any atom is -0.465 e. The van der Waals surface area contributed by atoms with Crippen LogP contribution in [-0.4, -0.2) is 37.7 Å². The van der Waals surface area contributed by atoms with Crippen molar-refractivity contribution in [3.63, 3.8) is 0 Å². The van der Waals surface area contributed by atoms with E-state index >= 15 is 0 Å². The maximum atomic E-state index is 12.8. The number of carbonyl (C=O) groups excluding carboxylic acids is 3. The molecule has 0 unspecified atom stereocenters. The van der Waals surface area contributed by atoms with Crippen LogP contribution in [0.4, 0.5) is 0 Å². The summed E-state index contributed by atoms with van der Waals surface area (Å²) < 4.78 is 17.2. The number of hydrogen-bond donors (Lipinski definition) is 0. The summed E-state index contributed by atoms with van der Waals surface area (Å²) in [6, 6.07) is 0. The molecule has 0 aromatic carbocycles. The van der Waals surface area contributed by atoms with Gasteiger partial charge in [0.05, 0.1) is 5.41 Å². The molecule has 0 aromatic heterocycles. The zero-order valence-electron chi connectivity index (χ0n) is 43.7. The molecule has 0 spiro atoms. The molecule has 0 bridgehead atoms. The third kappa shape index (κ3) is 49.4. The molecule has 65 heavy (non-hydrogen) atoms. The van der Waals surface area contributed by atoms with E-state index in [9.17, 15) is 14.4 Å². The van der Waals surface area contributed by atoms with Gasteiger partial charge in [-0.25, -0.2) is 0 Å². The standard InChI is InChI=1S/C59H108O6/c1-5-8-11-14-17-20-23-26-29-32-35-38-41-44-47-50-56(60)63-53-59(4,54-64-57(61)51-48-45-42-39-36-33-30-27-24-21-18-15-12-9-6-2)55-65-58(62)52-49-46-43-40-37-34-31-28-25-22-19-16-13-10-7-3/h26-31H,5-25,32-55H2,1-4H3/b29-26-,30-27-,31-28-. The second-order valence-corrected chi connectivity index (χ2v) is 19.8. The molecular formula is C59H108O6. The highest BCUT2D eigenvalue weighted by Crippen LogP contribution is 2.22. The van der Waals surface area contributed by atoms with Crippen molar-refractivity contribution in [1.29, 1.82) is 0 Å². The predicted molar refractivity (Wildman–Crippen MR) is 279 cm³/mol. The van der Waals surface area contributed by atoms with Crippen molar-refractivity contribution in [2.75, 3.05) is 19.8 Å². The van der Waals surface area contributed by atoms with E-state index in [1.165, 1.54) is 173 Å². The number of rotatable bonds is 51. The van der Waals surface area contributed by atoms with Crippen molar-refractivity contribution in [3.05, 3.63) is 36.5 Å². The lowest BCUT2D eigenvalue weighted by atomic mass is 9.94. The molecule has 0 amide bonds. The van der Waals surface area contributed by atoms with E-state index in [1.807, 2.05) is 6.92 Å². The van der Waals surface area contributed by atoms with Gasteiger partial charge in [-0.2, -0.15) is 0 Å². The molecule has 0 saturated heterocycles. The highest BCUT2D eigenvalue weighted by atomic mass is 16.6. The fourth-order valence-corrected chi connectivity index (χ4v) is 8.13. The Bertz CT molecular complexity index is 988. The number of allylic oxidation sites excluding steroid dienone is 6. The molecule has 0 heterocycles. The van der Waals surface area contributed by atoms with Gasteiger partial charge >= 0.3 is 17.9 Å². The van der Waals surface area contributed by atoms with Crippen LogP contribution in [0.1, 0.15) is 297 Å². The molecule has 0 aromatic rings.